The van der Waals surface area contributed by atoms with Crippen molar-refractivity contribution >= 4 is 29.8 Å². The predicted molar refractivity (Wildman–Crippen MR) is 108 cm³/mol. The summed E-state index contributed by atoms with van der Waals surface area (Å²) in [4.78, 5) is 57.8. The summed E-state index contributed by atoms with van der Waals surface area (Å²) in [5.41, 5.74) is 0.0192. The van der Waals surface area contributed by atoms with E-state index >= 15 is 0 Å². The minimum Gasteiger partial charge on any atom is -0.478 e. The highest BCUT2D eigenvalue weighted by Crippen LogP contribution is 2.29. The van der Waals surface area contributed by atoms with Gasteiger partial charge in [0.2, 0.25) is 12.2 Å². The molecule has 1 fully saturated rings. The highest BCUT2D eigenvalue weighted by atomic mass is 16.7. The van der Waals surface area contributed by atoms with E-state index in [-0.39, 0.29) is 17.9 Å². The topological polar surface area (TPSA) is 164 Å². The first-order chi connectivity index (χ1) is 15.5. The van der Waals surface area contributed by atoms with Crippen LogP contribution in [0.1, 0.15) is 38.1 Å². The molecule has 0 unspecified atom stereocenters. The SMILES string of the molecule is CC(=O)N[C@@H]1[C@@H](Oc2ccc(C(=O)O)cc2)O[C@@H](COC(C)=O)[C@@H](OC(C)=O)[C@@H]1OC(C)=O. The number of amides is 1. The maximum atomic E-state index is 11.9. The number of esters is 3. The van der Waals surface area contributed by atoms with Crippen molar-refractivity contribution < 1.29 is 52.8 Å². The summed E-state index contributed by atoms with van der Waals surface area (Å²) < 4.78 is 27.3. The fourth-order valence-electron chi connectivity index (χ4n) is 3.20. The quantitative estimate of drug-likeness (QED) is 0.402. The molecule has 12 heteroatoms. The zero-order valence-electron chi connectivity index (χ0n) is 18.4. The van der Waals surface area contributed by atoms with E-state index in [1.807, 2.05) is 0 Å². The van der Waals surface area contributed by atoms with Gasteiger partial charge in [-0.25, -0.2) is 4.79 Å². The lowest BCUT2D eigenvalue weighted by Gasteiger charge is -2.44. The monoisotopic (exact) mass is 467 g/mol. The second-order valence-electron chi connectivity index (χ2n) is 7.17. The molecule has 0 radical (unpaired) electrons. The Balaban J connectivity index is 2.43. The molecule has 0 aromatic heterocycles. The van der Waals surface area contributed by atoms with Gasteiger partial charge in [0.05, 0.1) is 5.56 Å². The molecule has 0 spiro atoms. The van der Waals surface area contributed by atoms with E-state index in [9.17, 15) is 24.0 Å². The molecule has 2 rings (SSSR count). The third-order valence-electron chi connectivity index (χ3n) is 4.42. The lowest BCUT2D eigenvalue weighted by molar-refractivity contribution is -0.257. The molecule has 0 aliphatic carbocycles. The highest BCUT2D eigenvalue weighted by Gasteiger charge is 2.51. The maximum absolute atomic E-state index is 11.9. The van der Waals surface area contributed by atoms with Gasteiger partial charge in [-0.15, -0.1) is 0 Å². The molecule has 33 heavy (non-hydrogen) atoms. The van der Waals surface area contributed by atoms with Crippen LogP contribution in [-0.4, -0.2) is 72.1 Å². The molecular weight excluding hydrogens is 442 g/mol. The molecule has 0 saturated carbocycles. The number of hydrogen-bond donors (Lipinski definition) is 2. The lowest BCUT2D eigenvalue weighted by atomic mass is 9.96. The van der Waals surface area contributed by atoms with E-state index in [1.54, 1.807) is 0 Å². The van der Waals surface area contributed by atoms with Crippen LogP contribution in [0.3, 0.4) is 0 Å². The highest BCUT2D eigenvalue weighted by molar-refractivity contribution is 5.87. The minimum atomic E-state index is -1.29. The van der Waals surface area contributed by atoms with Crippen LogP contribution < -0.4 is 10.1 Å². The second-order valence-corrected chi connectivity index (χ2v) is 7.17. The molecule has 2 N–H and O–H groups in total. The fraction of sp³-hybridized carbons (Fsp3) is 0.476. The molecule has 1 amide bonds. The molecule has 12 nitrogen and oxygen atoms in total. The molecule has 180 valence electrons. The number of aromatic carboxylic acids is 1. The zero-order chi connectivity index (χ0) is 24.7. The van der Waals surface area contributed by atoms with E-state index in [2.05, 4.69) is 5.32 Å². The van der Waals surface area contributed by atoms with Crippen molar-refractivity contribution in [3.8, 4) is 5.75 Å². The van der Waals surface area contributed by atoms with Crippen molar-refractivity contribution in [1.82, 2.24) is 5.32 Å². The van der Waals surface area contributed by atoms with Crippen LogP contribution >= 0.6 is 0 Å². The van der Waals surface area contributed by atoms with Crippen molar-refractivity contribution in [3.63, 3.8) is 0 Å². The minimum absolute atomic E-state index is 0.0192. The van der Waals surface area contributed by atoms with Crippen LogP contribution in [-0.2, 0) is 38.1 Å². The maximum Gasteiger partial charge on any atom is 0.335 e. The molecular formula is C21H25NO11. The van der Waals surface area contributed by atoms with Gasteiger partial charge in [-0.2, -0.15) is 0 Å². The van der Waals surface area contributed by atoms with Gasteiger partial charge in [-0.1, -0.05) is 0 Å². The van der Waals surface area contributed by atoms with Crippen LogP contribution in [0.5, 0.6) is 5.75 Å². The Morgan fingerprint density at radius 3 is 1.97 bits per heavy atom. The van der Waals surface area contributed by atoms with Crippen molar-refractivity contribution in [2.45, 2.75) is 58.3 Å². The van der Waals surface area contributed by atoms with Crippen molar-refractivity contribution in [1.29, 1.82) is 0 Å². The second kappa shape index (κ2) is 11.3. The normalized spacial score (nSPS) is 24.2. The summed E-state index contributed by atoms with van der Waals surface area (Å²) in [5, 5.41) is 11.6. The number of nitrogens with one attached hydrogen (secondary N) is 1. The number of carboxylic acids is 1. The Morgan fingerprint density at radius 2 is 1.48 bits per heavy atom. The third kappa shape index (κ3) is 7.45. The molecule has 1 aliphatic rings. The van der Waals surface area contributed by atoms with E-state index < -0.39 is 60.4 Å². The van der Waals surface area contributed by atoms with Crippen molar-refractivity contribution in [2.75, 3.05) is 6.61 Å². The Kier molecular flexibility index (Phi) is 8.74. The van der Waals surface area contributed by atoms with E-state index in [1.165, 1.54) is 38.1 Å². The summed E-state index contributed by atoms with van der Waals surface area (Å²) >= 11 is 0. The van der Waals surface area contributed by atoms with Gasteiger partial charge in [0.1, 0.15) is 24.5 Å². The van der Waals surface area contributed by atoms with Gasteiger partial charge in [-0.3, -0.25) is 19.2 Å². The number of rotatable bonds is 8. The van der Waals surface area contributed by atoms with Crippen LogP contribution in [0.2, 0.25) is 0 Å². The molecule has 1 saturated heterocycles. The number of ether oxygens (including phenoxy) is 5. The van der Waals surface area contributed by atoms with Gasteiger partial charge >= 0.3 is 23.9 Å². The zero-order valence-corrected chi connectivity index (χ0v) is 18.4. The summed E-state index contributed by atoms with van der Waals surface area (Å²) in [6.07, 6.45) is -4.90. The molecule has 1 aliphatic heterocycles. The van der Waals surface area contributed by atoms with Crippen molar-refractivity contribution in [3.05, 3.63) is 29.8 Å². The summed E-state index contributed by atoms with van der Waals surface area (Å²) in [5.74, 6) is -3.55. The third-order valence-corrected chi connectivity index (χ3v) is 4.42. The first-order valence-corrected chi connectivity index (χ1v) is 9.88. The van der Waals surface area contributed by atoms with E-state index in [0.717, 1.165) is 13.8 Å². The lowest BCUT2D eigenvalue weighted by Crippen LogP contribution is -2.67. The largest absolute Gasteiger partial charge is 0.478 e. The van der Waals surface area contributed by atoms with Crippen LogP contribution in [0.15, 0.2) is 24.3 Å². The van der Waals surface area contributed by atoms with Crippen LogP contribution in [0.4, 0.5) is 0 Å². The van der Waals surface area contributed by atoms with Gasteiger partial charge in [0.25, 0.3) is 0 Å². The summed E-state index contributed by atoms with van der Waals surface area (Å²) in [6, 6.07) is 4.21. The van der Waals surface area contributed by atoms with Crippen LogP contribution in [0.25, 0.3) is 0 Å². The van der Waals surface area contributed by atoms with Gasteiger partial charge < -0.3 is 34.1 Å². The Hall–Kier alpha value is -3.67. The molecule has 0 bridgehead atoms. The average molecular weight is 467 g/mol. The Labute approximate surface area is 189 Å². The molecule has 1 aromatic rings. The number of benzene rings is 1. The van der Waals surface area contributed by atoms with Crippen molar-refractivity contribution in [2.24, 2.45) is 0 Å². The fourth-order valence-corrected chi connectivity index (χ4v) is 3.20. The Bertz CT molecular complexity index is 898. The first kappa shape index (κ1) is 25.6. The molecule has 1 heterocycles. The number of carbonyl (C=O) groups excluding carboxylic acids is 4. The summed E-state index contributed by atoms with van der Waals surface area (Å²) in [6.45, 7) is 4.29. The number of carboxylic acid groups (broad SMARTS) is 1. The Morgan fingerprint density at radius 1 is 0.909 bits per heavy atom. The van der Waals surface area contributed by atoms with Gasteiger partial charge in [0.15, 0.2) is 12.2 Å². The summed E-state index contributed by atoms with van der Waals surface area (Å²) in [7, 11) is 0. The van der Waals surface area contributed by atoms with E-state index in [4.69, 9.17) is 28.8 Å². The smallest absolute Gasteiger partial charge is 0.335 e. The number of carbonyl (C=O) groups is 5. The first-order valence-electron chi connectivity index (χ1n) is 9.88. The average Bonchev–Trinajstić information content (AvgIpc) is 2.70. The molecule has 5 atom stereocenters. The van der Waals surface area contributed by atoms with E-state index in [0.29, 0.717) is 0 Å². The predicted octanol–water partition coefficient (Wildman–Crippen LogP) is 0.420. The standard InChI is InChI=1S/C21H25NO11/c1-10(23)22-17-19(31-13(4)26)18(30-12(3)25)16(9-29-11(2)24)33-21(17)32-15-7-5-14(6-8-15)20(27)28/h5-8,16-19,21H,9H2,1-4H3,(H,22,23)(H,27,28)/t16-,17-,18+,19+,21-/m0/s1. The van der Waals surface area contributed by atoms with Gasteiger partial charge in [-0.05, 0) is 24.3 Å². The molecule has 1 aromatic carbocycles. The number of hydrogen-bond acceptors (Lipinski definition) is 10. The van der Waals surface area contributed by atoms with Crippen LogP contribution in [0, 0.1) is 0 Å². The van der Waals surface area contributed by atoms with Gasteiger partial charge in [0, 0.05) is 27.7 Å².